The van der Waals surface area contributed by atoms with Crippen molar-refractivity contribution < 1.29 is 4.74 Å². The van der Waals surface area contributed by atoms with Crippen LogP contribution in [-0.2, 0) is 13.0 Å². The van der Waals surface area contributed by atoms with Gasteiger partial charge in [-0.2, -0.15) is 0 Å². The smallest absolute Gasteiger partial charge is 0.328 e. The molecule has 0 aliphatic heterocycles. The molecular weight excluding hydrogens is 378 g/mol. The van der Waals surface area contributed by atoms with E-state index < -0.39 is 0 Å². The molecule has 0 saturated heterocycles. The fourth-order valence-corrected chi connectivity index (χ4v) is 3.57. The van der Waals surface area contributed by atoms with Gasteiger partial charge in [-0.05, 0) is 76.1 Å². The second kappa shape index (κ2) is 10.6. The summed E-state index contributed by atoms with van der Waals surface area (Å²) in [6.07, 6.45) is 9.33. The molecule has 164 valence electrons. The van der Waals surface area contributed by atoms with Crippen LogP contribution in [0.4, 0.5) is 0 Å². The molecule has 0 bridgehead atoms. The number of H-pyrrole nitrogens is 1. The Morgan fingerprint density at radius 1 is 1.17 bits per heavy atom. The first-order valence-corrected chi connectivity index (χ1v) is 11.2. The third-order valence-electron chi connectivity index (χ3n) is 5.70. The maximum atomic E-state index is 11.7. The minimum absolute atomic E-state index is 0.0783. The number of hydrogen-bond donors (Lipinski definition) is 2. The highest BCUT2D eigenvalue weighted by Crippen LogP contribution is 2.29. The SMILES string of the molecule is CC(C)(CCCCCn1ccc(=O)[nH]c1=O)NCCc1cccc(OCC2CC2)c1. The van der Waals surface area contributed by atoms with E-state index in [9.17, 15) is 9.59 Å². The van der Waals surface area contributed by atoms with Crippen LogP contribution >= 0.6 is 0 Å². The van der Waals surface area contributed by atoms with Crippen LogP contribution in [0.15, 0.2) is 46.1 Å². The number of unbranched alkanes of at least 4 members (excludes halogenated alkanes) is 2. The molecule has 0 atom stereocenters. The zero-order valence-electron chi connectivity index (χ0n) is 18.3. The van der Waals surface area contributed by atoms with E-state index in [1.807, 2.05) is 6.07 Å². The predicted octanol–water partition coefficient (Wildman–Crippen LogP) is 3.50. The maximum absolute atomic E-state index is 11.7. The number of nitrogens with one attached hydrogen (secondary N) is 2. The summed E-state index contributed by atoms with van der Waals surface area (Å²) in [7, 11) is 0. The van der Waals surface area contributed by atoms with Crippen molar-refractivity contribution in [1.29, 1.82) is 0 Å². The van der Waals surface area contributed by atoms with Crippen molar-refractivity contribution in [3.8, 4) is 5.75 Å². The molecule has 0 radical (unpaired) electrons. The molecule has 2 aromatic rings. The average Bonchev–Trinajstić information content (AvgIpc) is 3.52. The zero-order chi connectivity index (χ0) is 21.4. The minimum Gasteiger partial charge on any atom is -0.493 e. The van der Waals surface area contributed by atoms with E-state index in [1.54, 1.807) is 10.8 Å². The molecule has 2 N–H and O–H groups in total. The van der Waals surface area contributed by atoms with E-state index >= 15 is 0 Å². The van der Waals surface area contributed by atoms with Crippen LogP contribution < -0.4 is 21.3 Å². The van der Waals surface area contributed by atoms with Crippen LogP contribution in [-0.4, -0.2) is 28.2 Å². The van der Waals surface area contributed by atoms with Crippen molar-refractivity contribution in [3.05, 3.63) is 62.9 Å². The topological polar surface area (TPSA) is 76.1 Å². The van der Waals surface area contributed by atoms with Gasteiger partial charge in [0.15, 0.2) is 0 Å². The number of hydrogen-bond acceptors (Lipinski definition) is 4. The average molecular weight is 414 g/mol. The van der Waals surface area contributed by atoms with E-state index in [2.05, 4.69) is 42.3 Å². The van der Waals surface area contributed by atoms with Gasteiger partial charge in [0.25, 0.3) is 5.56 Å². The molecule has 1 aromatic heterocycles. The van der Waals surface area contributed by atoms with Crippen LogP contribution in [0.3, 0.4) is 0 Å². The fraction of sp³-hybridized carbons (Fsp3) is 0.583. The molecule has 1 fully saturated rings. The second-order valence-corrected chi connectivity index (χ2v) is 9.08. The lowest BCUT2D eigenvalue weighted by molar-refractivity contribution is 0.299. The highest BCUT2D eigenvalue weighted by atomic mass is 16.5. The first-order chi connectivity index (χ1) is 14.4. The van der Waals surface area contributed by atoms with Crippen LogP contribution in [0.2, 0.25) is 0 Å². The molecular formula is C24H35N3O3. The van der Waals surface area contributed by atoms with Gasteiger partial charge in [0.05, 0.1) is 6.61 Å². The van der Waals surface area contributed by atoms with Crippen LogP contribution in [0.1, 0.15) is 57.9 Å². The van der Waals surface area contributed by atoms with E-state index in [-0.39, 0.29) is 16.8 Å². The van der Waals surface area contributed by atoms with Gasteiger partial charge in [0.2, 0.25) is 0 Å². The molecule has 3 rings (SSSR count). The Kier molecular flexibility index (Phi) is 7.91. The molecule has 6 nitrogen and oxygen atoms in total. The standard InChI is InChI=1S/C24H35N3O3/c1-24(2,13-4-3-5-15-27-16-12-22(28)26-23(27)29)25-14-11-19-7-6-8-21(17-19)30-18-20-9-10-20/h6-8,12,16-17,20,25H,3-5,9-11,13-15,18H2,1-2H3,(H,26,28,29). The molecule has 1 aromatic carbocycles. The third-order valence-corrected chi connectivity index (χ3v) is 5.70. The summed E-state index contributed by atoms with van der Waals surface area (Å²) >= 11 is 0. The van der Waals surface area contributed by atoms with E-state index in [4.69, 9.17) is 4.74 Å². The monoisotopic (exact) mass is 413 g/mol. The Labute approximate surface area is 178 Å². The minimum atomic E-state index is -0.346. The Balaban J connectivity index is 1.31. The molecule has 1 saturated carbocycles. The van der Waals surface area contributed by atoms with E-state index in [0.29, 0.717) is 6.54 Å². The fourth-order valence-electron chi connectivity index (χ4n) is 3.57. The molecule has 0 spiro atoms. The lowest BCUT2D eigenvalue weighted by Gasteiger charge is -2.26. The number of ether oxygens (including phenoxy) is 1. The van der Waals surface area contributed by atoms with E-state index in [0.717, 1.165) is 56.9 Å². The van der Waals surface area contributed by atoms with Gasteiger partial charge in [-0.15, -0.1) is 0 Å². The molecule has 30 heavy (non-hydrogen) atoms. The molecule has 6 heteroatoms. The van der Waals surface area contributed by atoms with Gasteiger partial charge < -0.3 is 14.6 Å². The molecule has 1 heterocycles. The third kappa shape index (κ3) is 7.82. The summed E-state index contributed by atoms with van der Waals surface area (Å²) < 4.78 is 7.44. The number of aromatic amines is 1. The largest absolute Gasteiger partial charge is 0.493 e. The summed E-state index contributed by atoms with van der Waals surface area (Å²) in [5.41, 5.74) is 0.709. The zero-order valence-corrected chi connectivity index (χ0v) is 18.3. The van der Waals surface area contributed by atoms with Crippen LogP contribution in [0, 0.1) is 5.92 Å². The van der Waals surface area contributed by atoms with Crippen molar-refractivity contribution in [2.75, 3.05) is 13.2 Å². The first-order valence-electron chi connectivity index (χ1n) is 11.2. The van der Waals surface area contributed by atoms with Crippen LogP contribution in [0.25, 0.3) is 0 Å². The number of aromatic nitrogens is 2. The van der Waals surface area contributed by atoms with Crippen molar-refractivity contribution in [2.45, 2.75) is 70.9 Å². The number of benzene rings is 1. The molecule has 0 unspecified atom stereocenters. The Morgan fingerprint density at radius 3 is 2.77 bits per heavy atom. The first kappa shape index (κ1) is 22.3. The van der Waals surface area contributed by atoms with Crippen molar-refractivity contribution >= 4 is 0 Å². The predicted molar refractivity (Wildman–Crippen MR) is 120 cm³/mol. The van der Waals surface area contributed by atoms with Gasteiger partial charge in [-0.3, -0.25) is 9.78 Å². The summed E-state index contributed by atoms with van der Waals surface area (Å²) in [6, 6.07) is 9.84. The number of aryl methyl sites for hydroxylation is 1. The number of rotatable bonds is 13. The van der Waals surface area contributed by atoms with Crippen molar-refractivity contribution in [1.82, 2.24) is 14.9 Å². The Hall–Kier alpha value is -2.34. The van der Waals surface area contributed by atoms with Gasteiger partial charge in [-0.1, -0.05) is 25.0 Å². The van der Waals surface area contributed by atoms with Crippen molar-refractivity contribution in [2.24, 2.45) is 5.92 Å². The lowest BCUT2D eigenvalue weighted by atomic mass is 9.96. The summed E-state index contributed by atoms with van der Waals surface area (Å²) in [6.45, 7) is 6.92. The normalized spacial score (nSPS) is 14.1. The lowest BCUT2D eigenvalue weighted by Crippen LogP contribution is -2.40. The summed E-state index contributed by atoms with van der Waals surface area (Å²) in [5, 5.41) is 3.68. The van der Waals surface area contributed by atoms with Crippen LogP contribution in [0.5, 0.6) is 5.75 Å². The summed E-state index contributed by atoms with van der Waals surface area (Å²) in [5.74, 6) is 1.76. The highest BCUT2D eigenvalue weighted by molar-refractivity contribution is 5.28. The molecule has 1 aliphatic rings. The highest BCUT2D eigenvalue weighted by Gasteiger charge is 2.22. The van der Waals surface area contributed by atoms with Gasteiger partial charge in [-0.25, -0.2) is 4.79 Å². The van der Waals surface area contributed by atoms with Gasteiger partial charge >= 0.3 is 5.69 Å². The maximum Gasteiger partial charge on any atom is 0.328 e. The van der Waals surface area contributed by atoms with Crippen molar-refractivity contribution in [3.63, 3.8) is 0 Å². The quantitative estimate of drug-likeness (QED) is 0.493. The van der Waals surface area contributed by atoms with Gasteiger partial charge in [0.1, 0.15) is 5.75 Å². The molecule has 1 aliphatic carbocycles. The van der Waals surface area contributed by atoms with Gasteiger partial charge in [0, 0.05) is 24.3 Å². The number of nitrogens with zero attached hydrogens (tertiary/aromatic N) is 1. The van der Waals surface area contributed by atoms with E-state index in [1.165, 1.54) is 24.5 Å². The second-order valence-electron chi connectivity index (χ2n) is 9.08. The Bertz CT molecular complexity index is 912. The molecule has 0 amide bonds. The Morgan fingerprint density at radius 2 is 2.00 bits per heavy atom. The summed E-state index contributed by atoms with van der Waals surface area (Å²) in [4.78, 5) is 25.1.